The molecule has 10 aromatic rings. The first-order valence-corrected chi connectivity index (χ1v) is 15.9. The molecular weight excluding hydrogens is 556 g/mol. The maximum atomic E-state index is 2.39. The van der Waals surface area contributed by atoms with Crippen LogP contribution in [0.5, 0.6) is 0 Å². The van der Waals surface area contributed by atoms with Gasteiger partial charge in [-0.15, -0.1) is 0 Å². The summed E-state index contributed by atoms with van der Waals surface area (Å²) in [7, 11) is 0. The van der Waals surface area contributed by atoms with Crippen molar-refractivity contribution in [1.29, 1.82) is 0 Å². The molecule has 0 radical (unpaired) electrons. The van der Waals surface area contributed by atoms with E-state index in [2.05, 4.69) is 179 Å². The van der Waals surface area contributed by atoms with Gasteiger partial charge in [-0.25, -0.2) is 0 Å². The third-order valence-corrected chi connectivity index (χ3v) is 9.68. The summed E-state index contributed by atoms with van der Waals surface area (Å²) in [6.45, 7) is 0. The minimum Gasteiger partial charge on any atom is -0.309 e. The zero-order chi connectivity index (χ0) is 30.2. The second kappa shape index (κ2) is 9.69. The Labute approximate surface area is 266 Å². The van der Waals surface area contributed by atoms with Gasteiger partial charge in [0.05, 0.1) is 22.1 Å². The van der Waals surface area contributed by atoms with Gasteiger partial charge in [0, 0.05) is 32.9 Å². The van der Waals surface area contributed by atoms with Crippen LogP contribution >= 0.6 is 0 Å². The van der Waals surface area contributed by atoms with E-state index >= 15 is 0 Å². The number of para-hydroxylation sites is 4. The van der Waals surface area contributed by atoms with E-state index in [0.29, 0.717) is 0 Å². The quantitative estimate of drug-likeness (QED) is 0.183. The number of hydrogen-bond acceptors (Lipinski definition) is 0. The third kappa shape index (κ3) is 3.59. The van der Waals surface area contributed by atoms with Gasteiger partial charge < -0.3 is 9.13 Å². The number of hydrogen-bond donors (Lipinski definition) is 0. The van der Waals surface area contributed by atoms with E-state index in [9.17, 15) is 0 Å². The molecule has 46 heavy (non-hydrogen) atoms. The molecule has 2 heteroatoms. The fourth-order valence-corrected chi connectivity index (χ4v) is 7.66. The number of nitrogens with zero attached hydrogens (tertiary/aromatic N) is 2. The maximum absolute atomic E-state index is 2.39. The van der Waals surface area contributed by atoms with Crippen molar-refractivity contribution in [2.45, 2.75) is 0 Å². The Bertz CT molecular complexity index is 2730. The summed E-state index contributed by atoms with van der Waals surface area (Å²) in [5, 5.41) is 10.2. The molecule has 2 aromatic heterocycles. The van der Waals surface area contributed by atoms with Crippen LogP contribution in [0.15, 0.2) is 170 Å². The van der Waals surface area contributed by atoms with Crippen molar-refractivity contribution in [3.8, 4) is 22.5 Å². The van der Waals surface area contributed by atoms with Crippen LogP contribution in [0.2, 0.25) is 0 Å². The molecule has 0 fully saturated rings. The Morgan fingerprint density at radius 3 is 1.57 bits per heavy atom. The lowest BCUT2D eigenvalue weighted by Crippen LogP contribution is -1.93. The Balaban J connectivity index is 1.15. The predicted octanol–water partition coefficient (Wildman–Crippen LogP) is 11.9. The molecule has 0 bridgehead atoms. The molecular formula is C44H28N2. The Hall–Kier alpha value is -6.12. The summed E-state index contributed by atoms with van der Waals surface area (Å²) in [5.41, 5.74) is 9.74. The van der Waals surface area contributed by atoms with Crippen LogP contribution in [0.1, 0.15) is 0 Å². The highest BCUT2D eigenvalue weighted by molar-refractivity contribution is 6.23. The van der Waals surface area contributed by atoms with Crippen LogP contribution in [-0.2, 0) is 0 Å². The summed E-state index contributed by atoms with van der Waals surface area (Å²) in [6, 6.07) is 61.9. The monoisotopic (exact) mass is 584 g/mol. The second-order valence-electron chi connectivity index (χ2n) is 12.2. The standard InChI is InChI=1S/C44H28N2/c1-2-12-32(13-3-1)46-42-20-9-6-16-37(42)44-39-28-30-11-10-17-34(38(30)27-31(39)23-26-43(44)46)29-21-24-33(25-22-29)45-40-18-7-4-14-35(40)36-15-5-8-19-41(36)45/h1-28H. The van der Waals surface area contributed by atoms with Crippen molar-refractivity contribution in [3.05, 3.63) is 170 Å². The molecule has 0 aliphatic heterocycles. The van der Waals surface area contributed by atoms with Gasteiger partial charge in [0.25, 0.3) is 0 Å². The van der Waals surface area contributed by atoms with E-state index < -0.39 is 0 Å². The molecule has 214 valence electrons. The Kier molecular flexibility index (Phi) is 5.31. The molecule has 2 heterocycles. The van der Waals surface area contributed by atoms with E-state index in [4.69, 9.17) is 0 Å². The maximum Gasteiger partial charge on any atom is 0.0547 e. The lowest BCUT2D eigenvalue weighted by atomic mass is 9.94. The third-order valence-electron chi connectivity index (χ3n) is 9.68. The SMILES string of the molecule is c1ccc(-n2c3ccccc3c3c4cc5cccc(-c6ccc(-n7c8ccccc8c8ccccc87)cc6)c5cc4ccc32)cc1. The van der Waals surface area contributed by atoms with Crippen molar-refractivity contribution in [3.63, 3.8) is 0 Å². The lowest BCUT2D eigenvalue weighted by Gasteiger charge is -2.12. The van der Waals surface area contributed by atoms with Gasteiger partial charge in [-0.2, -0.15) is 0 Å². The highest BCUT2D eigenvalue weighted by Crippen LogP contribution is 2.40. The molecule has 0 aliphatic carbocycles. The van der Waals surface area contributed by atoms with Gasteiger partial charge >= 0.3 is 0 Å². The van der Waals surface area contributed by atoms with E-state index in [0.717, 1.165) is 0 Å². The van der Waals surface area contributed by atoms with Crippen LogP contribution in [0.3, 0.4) is 0 Å². The summed E-state index contributed by atoms with van der Waals surface area (Å²) in [6.07, 6.45) is 0. The summed E-state index contributed by atoms with van der Waals surface area (Å²) >= 11 is 0. The van der Waals surface area contributed by atoms with Gasteiger partial charge in [-0.05, 0) is 93.3 Å². The minimum absolute atomic E-state index is 1.17. The van der Waals surface area contributed by atoms with Crippen LogP contribution in [0, 0.1) is 0 Å². The van der Waals surface area contributed by atoms with Crippen LogP contribution in [-0.4, -0.2) is 9.13 Å². The smallest absolute Gasteiger partial charge is 0.0547 e. The first kappa shape index (κ1) is 25.2. The highest BCUT2D eigenvalue weighted by atomic mass is 15.0. The predicted molar refractivity (Wildman–Crippen MR) is 196 cm³/mol. The molecule has 10 rings (SSSR count). The van der Waals surface area contributed by atoms with Crippen LogP contribution in [0.25, 0.3) is 87.7 Å². The number of rotatable bonds is 3. The summed E-state index contributed by atoms with van der Waals surface area (Å²) in [5.74, 6) is 0. The number of fused-ring (bicyclic) bond motifs is 9. The van der Waals surface area contributed by atoms with Gasteiger partial charge in [-0.1, -0.05) is 109 Å². The lowest BCUT2D eigenvalue weighted by molar-refractivity contribution is 1.18. The van der Waals surface area contributed by atoms with E-state index in [1.54, 1.807) is 0 Å². The van der Waals surface area contributed by atoms with Crippen molar-refractivity contribution in [2.75, 3.05) is 0 Å². The average molecular weight is 585 g/mol. The van der Waals surface area contributed by atoms with Crippen LogP contribution in [0.4, 0.5) is 0 Å². The molecule has 8 aromatic carbocycles. The first-order chi connectivity index (χ1) is 22.8. The molecule has 0 amide bonds. The molecule has 0 spiro atoms. The molecule has 0 saturated heterocycles. The topological polar surface area (TPSA) is 9.86 Å². The highest BCUT2D eigenvalue weighted by Gasteiger charge is 2.16. The Morgan fingerprint density at radius 2 is 0.848 bits per heavy atom. The van der Waals surface area contributed by atoms with Gasteiger partial charge in [0.1, 0.15) is 0 Å². The van der Waals surface area contributed by atoms with Crippen molar-refractivity contribution in [1.82, 2.24) is 9.13 Å². The molecule has 0 N–H and O–H groups in total. The summed E-state index contributed by atoms with van der Waals surface area (Å²) < 4.78 is 4.77. The fourth-order valence-electron chi connectivity index (χ4n) is 7.66. The van der Waals surface area contributed by atoms with E-state index in [1.165, 1.54) is 87.7 Å². The molecule has 0 atom stereocenters. The van der Waals surface area contributed by atoms with E-state index in [-0.39, 0.29) is 0 Å². The average Bonchev–Trinajstić information content (AvgIpc) is 3.64. The van der Waals surface area contributed by atoms with E-state index in [1.807, 2.05) is 0 Å². The second-order valence-corrected chi connectivity index (χ2v) is 12.2. The van der Waals surface area contributed by atoms with Crippen molar-refractivity contribution in [2.24, 2.45) is 0 Å². The first-order valence-electron chi connectivity index (χ1n) is 15.9. The number of benzene rings is 8. The summed E-state index contributed by atoms with van der Waals surface area (Å²) in [4.78, 5) is 0. The van der Waals surface area contributed by atoms with Crippen molar-refractivity contribution < 1.29 is 0 Å². The molecule has 0 aliphatic rings. The zero-order valence-corrected chi connectivity index (χ0v) is 25.1. The fraction of sp³-hybridized carbons (Fsp3) is 0. The van der Waals surface area contributed by atoms with Gasteiger partial charge in [0.2, 0.25) is 0 Å². The zero-order valence-electron chi connectivity index (χ0n) is 25.1. The van der Waals surface area contributed by atoms with Gasteiger partial charge in [0.15, 0.2) is 0 Å². The number of aromatic nitrogens is 2. The molecule has 2 nitrogen and oxygen atoms in total. The van der Waals surface area contributed by atoms with Gasteiger partial charge in [-0.3, -0.25) is 0 Å². The Morgan fingerprint density at radius 1 is 0.304 bits per heavy atom. The van der Waals surface area contributed by atoms with Crippen LogP contribution < -0.4 is 0 Å². The van der Waals surface area contributed by atoms with Crippen molar-refractivity contribution >= 4 is 65.2 Å². The largest absolute Gasteiger partial charge is 0.309 e. The normalized spacial score (nSPS) is 11.9. The minimum atomic E-state index is 1.17. The molecule has 0 unspecified atom stereocenters. The molecule has 0 saturated carbocycles.